The molecule has 1 N–H and O–H groups in total. The second-order valence-corrected chi connectivity index (χ2v) is 8.09. The lowest BCUT2D eigenvalue weighted by Crippen LogP contribution is -2.57. The molecule has 3 heterocycles. The fourth-order valence-electron chi connectivity index (χ4n) is 4.17. The number of carbonyl (C=O) groups is 1. The van der Waals surface area contributed by atoms with Gasteiger partial charge in [-0.25, -0.2) is 0 Å². The van der Waals surface area contributed by atoms with Crippen LogP contribution in [0.3, 0.4) is 0 Å². The van der Waals surface area contributed by atoms with E-state index in [1.165, 1.54) is 5.56 Å². The summed E-state index contributed by atoms with van der Waals surface area (Å²) in [7, 11) is 1.95. The van der Waals surface area contributed by atoms with Gasteiger partial charge in [-0.1, -0.05) is 0 Å². The Morgan fingerprint density at radius 1 is 1.17 bits per heavy atom. The number of carbonyl (C=O) groups excluding carboxylic acids is 1. The van der Waals surface area contributed by atoms with Crippen molar-refractivity contribution in [2.45, 2.75) is 45.6 Å². The molecule has 2 aliphatic rings. The van der Waals surface area contributed by atoms with E-state index in [1.54, 1.807) is 0 Å². The van der Waals surface area contributed by atoms with E-state index < -0.39 is 0 Å². The van der Waals surface area contributed by atoms with Crippen LogP contribution < -0.4 is 5.32 Å². The highest BCUT2D eigenvalue weighted by molar-refractivity contribution is 14.0. The zero-order valence-corrected chi connectivity index (χ0v) is 21.0. The lowest BCUT2D eigenvalue weighted by atomic mass is 10.2. The van der Waals surface area contributed by atoms with E-state index in [2.05, 4.69) is 40.3 Å². The largest absolute Gasteiger partial charge is 0.357 e. The summed E-state index contributed by atoms with van der Waals surface area (Å²) in [4.78, 5) is 24.2. The standard InChI is InChI=1S/C21H37N7O.HI/c1-4-22-21(23-9-7-8-19-16-24-25(3)17-19)28-14-12-26(13-15-28)18(2)20(29)27-10-5-6-11-27;/h16-18H,4-15H2,1-3H3,(H,22,23);1H. The lowest BCUT2D eigenvalue weighted by molar-refractivity contribution is -0.135. The van der Waals surface area contributed by atoms with Crippen molar-refractivity contribution in [2.75, 3.05) is 52.4 Å². The molecule has 1 aromatic heterocycles. The van der Waals surface area contributed by atoms with Crippen molar-refractivity contribution in [3.63, 3.8) is 0 Å². The third kappa shape index (κ3) is 6.83. The minimum atomic E-state index is -0.0192. The van der Waals surface area contributed by atoms with Crippen LogP contribution in [0.4, 0.5) is 0 Å². The molecule has 0 radical (unpaired) electrons. The van der Waals surface area contributed by atoms with E-state index in [9.17, 15) is 4.79 Å². The molecule has 0 aliphatic carbocycles. The van der Waals surface area contributed by atoms with E-state index in [4.69, 9.17) is 4.99 Å². The zero-order valence-electron chi connectivity index (χ0n) is 18.7. The Hall–Kier alpha value is -1.36. The molecule has 8 nitrogen and oxygen atoms in total. The Balaban J connectivity index is 0.00000320. The number of guanidine groups is 1. The first kappa shape index (κ1) is 24.9. The second-order valence-electron chi connectivity index (χ2n) is 8.09. The smallest absolute Gasteiger partial charge is 0.239 e. The van der Waals surface area contributed by atoms with Gasteiger partial charge in [0.2, 0.25) is 5.91 Å². The monoisotopic (exact) mass is 531 g/mol. The quantitative estimate of drug-likeness (QED) is 0.251. The molecule has 9 heteroatoms. The number of piperazine rings is 1. The first-order valence-electron chi connectivity index (χ1n) is 11.1. The summed E-state index contributed by atoms with van der Waals surface area (Å²) in [6.45, 7) is 11.3. The SMILES string of the molecule is CCNC(=NCCCc1cnn(C)c1)N1CCN(C(C)C(=O)N2CCCC2)CC1.I. The minimum absolute atomic E-state index is 0. The highest BCUT2D eigenvalue weighted by Crippen LogP contribution is 2.14. The number of likely N-dealkylation sites (tertiary alicyclic amines) is 1. The van der Waals surface area contributed by atoms with Gasteiger partial charge < -0.3 is 15.1 Å². The molecule has 2 fully saturated rings. The average Bonchev–Trinajstić information content (AvgIpc) is 3.41. The van der Waals surface area contributed by atoms with Crippen LogP contribution in [0.25, 0.3) is 0 Å². The van der Waals surface area contributed by atoms with Crippen LogP contribution >= 0.6 is 24.0 Å². The van der Waals surface area contributed by atoms with Gasteiger partial charge in [-0.3, -0.25) is 19.4 Å². The van der Waals surface area contributed by atoms with Crippen LogP contribution in [0.15, 0.2) is 17.4 Å². The zero-order chi connectivity index (χ0) is 20.6. The summed E-state index contributed by atoms with van der Waals surface area (Å²) in [5.74, 6) is 1.30. The van der Waals surface area contributed by atoms with Gasteiger partial charge in [0.15, 0.2) is 5.96 Å². The summed E-state index contributed by atoms with van der Waals surface area (Å²) in [6, 6.07) is -0.0192. The first-order chi connectivity index (χ1) is 14.1. The third-order valence-electron chi connectivity index (χ3n) is 5.92. The molecule has 0 spiro atoms. The third-order valence-corrected chi connectivity index (χ3v) is 5.92. The van der Waals surface area contributed by atoms with Gasteiger partial charge in [-0.15, -0.1) is 24.0 Å². The Morgan fingerprint density at radius 3 is 2.47 bits per heavy atom. The normalized spacial score (nSPS) is 19.0. The van der Waals surface area contributed by atoms with Gasteiger partial charge in [0.25, 0.3) is 0 Å². The predicted molar refractivity (Wildman–Crippen MR) is 131 cm³/mol. The predicted octanol–water partition coefficient (Wildman–Crippen LogP) is 1.56. The molecule has 0 bridgehead atoms. The maximum Gasteiger partial charge on any atom is 0.239 e. The molecule has 2 saturated heterocycles. The number of aryl methyl sites for hydroxylation is 2. The maximum absolute atomic E-state index is 12.7. The summed E-state index contributed by atoms with van der Waals surface area (Å²) >= 11 is 0. The number of nitrogens with one attached hydrogen (secondary N) is 1. The molecular weight excluding hydrogens is 493 g/mol. The topological polar surface area (TPSA) is 69.0 Å². The van der Waals surface area contributed by atoms with Crippen LogP contribution in [-0.4, -0.2) is 94.7 Å². The minimum Gasteiger partial charge on any atom is -0.357 e. The van der Waals surface area contributed by atoms with Gasteiger partial charge in [-0.2, -0.15) is 5.10 Å². The lowest BCUT2D eigenvalue weighted by Gasteiger charge is -2.39. The second kappa shape index (κ2) is 12.5. The number of aliphatic imine (C=N–C) groups is 1. The molecule has 1 aromatic rings. The average molecular weight is 531 g/mol. The molecule has 170 valence electrons. The van der Waals surface area contributed by atoms with Crippen LogP contribution in [-0.2, 0) is 18.3 Å². The number of amides is 1. The van der Waals surface area contributed by atoms with Gasteiger partial charge in [0, 0.05) is 65.6 Å². The Labute approximate surface area is 198 Å². The van der Waals surface area contributed by atoms with Crippen LogP contribution in [0, 0.1) is 0 Å². The van der Waals surface area contributed by atoms with Crippen molar-refractivity contribution < 1.29 is 4.79 Å². The van der Waals surface area contributed by atoms with Crippen LogP contribution in [0.1, 0.15) is 38.7 Å². The molecule has 30 heavy (non-hydrogen) atoms. The number of rotatable bonds is 7. The van der Waals surface area contributed by atoms with E-state index >= 15 is 0 Å². The highest BCUT2D eigenvalue weighted by atomic mass is 127. The van der Waals surface area contributed by atoms with Crippen molar-refractivity contribution in [3.8, 4) is 0 Å². The summed E-state index contributed by atoms with van der Waals surface area (Å²) in [5, 5.41) is 7.65. The van der Waals surface area contributed by atoms with Crippen molar-refractivity contribution in [1.82, 2.24) is 29.8 Å². The van der Waals surface area contributed by atoms with E-state index in [-0.39, 0.29) is 30.0 Å². The van der Waals surface area contributed by atoms with Crippen molar-refractivity contribution in [2.24, 2.45) is 12.0 Å². The summed E-state index contributed by atoms with van der Waals surface area (Å²) in [6.07, 6.45) is 8.31. The number of hydrogen-bond acceptors (Lipinski definition) is 4. The molecule has 3 rings (SSSR count). The van der Waals surface area contributed by atoms with Crippen molar-refractivity contribution in [1.29, 1.82) is 0 Å². The van der Waals surface area contributed by atoms with E-state index in [0.29, 0.717) is 5.91 Å². The van der Waals surface area contributed by atoms with Gasteiger partial charge in [0.1, 0.15) is 0 Å². The van der Waals surface area contributed by atoms with Crippen LogP contribution in [0.5, 0.6) is 0 Å². The van der Waals surface area contributed by atoms with Crippen molar-refractivity contribution >= 4 is 35.8 Å². The van der Waals surface area contributed by atoms with Crippen molar-refractivity contribution in [3.05, 3.63) is 18.0 Å². The summed E-state index contributed by atoms with van der Waals surface area (Å²) in [5.41, 5.74) is 1.26. The van der Waals surface area contributed by atoms with Gasteiger partial charge in [0.05, 0.1) is 12.2 Å². The van der Waals surface area contributed by atoms with Gasteiger partial charge >= 0.3 is 0 Å². The van der Waals surface area contributed by atoms with Crippen LogP contribution in [0.2, 0.25) is 0 Å². The fourth-order valence-corrected chi connectivity index (χ4v) is 4.17. The Bertz CT molecular complexity index is 679. The number of nitrogens with zero attached hydrogens (tertiary/aromatic N) is 6. The number of aromatic nitrogens is 2. The number of hydrogen-bond donors (Lipinski definition) is 1. The molecule has 1 unspecified atom stereocenters. The summed E-state index contributed by atoms with van der Waals surface area (Å²) < 4.78 is 1.84. The molecular formula is C21H38IN7O. The molecule has 1 amide bonds. The molecule has 0 aromatic carbocycles. The molecule has 1 atom stereocenters. The van der Waals surface area contributed by atoms with E-state index in [1.807, 2.05) is 22.8 Å². The maximum atomic E-state index is 12.7. The fraction of sp³-hybridized carbons (Fsp3) is 0.762. The molecule has 2 aliphatic heterocycles. The first-order valence-corrected chi connectivity index (χ1v) is 11.1. The van der Waals surface area contributed by atoms with E-state index in [0.717, 1.165) is 84.0 Å². The number of halogens is 1. The van der Waals surface area contributed by atoms with Gasteiger partial charge in [-0.05, 0) is 45.1 Å². The highest BCUT2D eigenvalue weighted by Gasteiger charge is 2.30. The Morgan fingerprint density at radius 2 is 1.87 bits per heavy atom. The Kier molecular flexibility index (Phi) is 10.4. The molecule has 0 saturated carbocycles.